The molecule has 1 N–H and O–H groups in total. The van der Waals surface area contributed by atoms with Gasteiger partial charge in [-0.2, -0.15) is 0 Å². The van der Waals surface area contributed by atoms with Gasteiger partial charge in [-0.05, 0) is 67.0 Å². The quantitative estimate of drug-likeness (QED) is 0.664. The van der Waals surface area contributed by atoms with Gasteiger partial charge in [-0.15, -0.1) is 0 Å². The number of aryl methyl sites for hydroxylation is 1. The van der Waals surface area contributed by atoms with Gasteiger partial charge in [0.2, 0.25) is 0 Å². The van der Waals surface area contributed by atoms with E-state index in [1.54, 1.807) is 0 Å². The van der Waals surface area contributed by atoms with Crippen molar-refractivity contribution >= 4 is 16.9 Å². The van der Waals surface area contributed by atoms with E-state index in [1.807, 2.05) is 36.4 Å². The Hall–Kier alpha value is -2.88. The van der Waals surface area contributed by atoms with Crippen LogP contribution in [0.3, 0.4) is 0 Å². The minimum atomic E-state index is -0.725. The van der Waals surface area contributed by atoms with Crippen LogP contribution in [-0.2, 0) is 17.8 Å². The third-order valence-electron chi connectivity index (χ3n) is 5.31. The van der Waals surface area contributed by atoms with Crippen LogP contribution in [0, 0.1) is 0 Å². The average molecular weight is 361 g/mol. The predicted molar refractivity (Wildman–Crippen MR) is 105 cm³/mol. The van der Waals surface area contributed by atoms with Crippen molar-refractivity contribution in [3.63, 3.8) is 0 Å². The minimum Gasteiger partial charge on any atom is -0.487 e. The molecule has 0 amide bonds. The topological polar surface area (TPSA) is 59.4 Å². The molecule has 0 saturated carbocycles. The standard InChI is InChI=1S/C23H23NO3/c25-23(26)13-10-17-6-3-5-16-9-12-20(14-21(16)17)27-15-19-11-8-18-4-1-2-7-22(18)24-19/h1-2,4,7-9,11-12,14,17H,3,5-6,10,13,15H2,(H,25,26). The Kier molecular flexibility index (Phi) is 5.05. The van der Waals surface area contributed by atoms with Gasteiger partial charge < -0.3 is 9.84 Å². The lowest BCUT2D eigenvalue weighted by Crippen LogP contribution is -2.12. The Morgan fingerprint density at radius 3 is 2.93 bits per heavy atom. The molecule has 3 aromatic rings. The number of carboxylic acid groups (broad SMARTS) is 1. The molecule has 138 valence electrons. The molecule has 1 aliphatic carbocycles. The highest BCUT2D eigenvalue weighted by Gasteiger charge is 2.21. The third kappa shape index (κ3) is 4.11. The first-order chi connectivity index (χ1) is 13.2. The normalized spacial score (nSPS) is 16.1. The van der Waals surface area contributed by atoms with Crippen LogP contribution in [0.25, 0.3) is 10.9 Å². The second kappa shape index (κ2) is 7.78. The van der Waals surface area contributed by atoms with Gasteiger partial charge in [0.15, 0.2) is 0 Å². The fourth-order valence-electron chi connectivity index (χ4n) is 3.91. The van der Waals surface area contributed by atoms with Crippen LogP contribution in [0.5, 0.6) is 5.75 Å². The molecule has 1 heterocycles. The first kappa shape index (κ1) is 17.5. The predicted octanol–water partition coefficient (Wildman–Crippen LogP) is 5.10. The number of para-hydroxylation sites is 1. The molecule has 0 spiro atoms. The molecule has 0 aliphatic heterocycles. The number of pyridine rings is 1. The Morgan fingerprint density at radius 2 is 2.04 bits per heavy atom. The molecule has 0 radical (unpaired) electrons. The molecule has 0 fully saturated rings. The summed E-state index contributed by atoms with van der Waals surface area (Å²) in [7, 11) is 0. The lowest BCUT2D eigenvalue weighted by Gasteiger charge is -2.25. The van der Waals surface area contributed by atoms with Crippen LogP contribution in [0.15, 0.2) is 54.6 Å². The first-order valence-corrected chi connectivity index (χ1v) is 9.51. The minimum absolute atomic E-state index is 0.218. The molecule has 0 saturated heterocycles. The number of hydrogen-bond donors (Lipinski definition) is 1. The molecular formula is C23H23NO3. The summed E-state index contributed by atoms with van der Waals surface area (Å²) in [6.45, 7) is 0.420. The summed E-state index contributed by atoms with van der Waals surface area (Å²) in [4.78, 5) is 15.6. The number of fused-ring (bicyclic) bond motifs is 2. The van der Waals surface area contributed by atoms with Gasteiger partial charge in [0, 0.05) is 11.8 Å². The molecular weight excluding hydrogens is 338 g/mol. The smallest absolute Gasteiger partial charge is 0.303 e. The van der Waals surface area contributed by atoms with Gasteiger partial charge >= 0.3 is 5.97 Å². The summed E-state index contributed by atoms with van der Waals surface area (Å²) < 4.78 is 6.00. The second-order valence-electron chi connectivity index (χ2n) is 7.17. The lowest BCUT2D eigenvalue weighted by molar-refractivity contribution is -0.137. The van der Waals surface area contributed by atoms with Crippen LogP contribution in [0.4, 0.5) is 0 Å². The van der Waals surface area contributed by atoms with Gasteiger partial charge in [0.1, 0.15) is 12.4 Å². The molecule has 4 heteroatoms. The van der Waals surface area contributed by atoms with Crippen molar-refractivity contribution in [2.75, 3.05) is 0 Å². The van der Waals surface area contributed by atoms with E-state index in [9.17, 15) is 4.79 Å². The fourth-order valence-corrected chi connectivity index (χ4v) is 3.91. The van der Waals surface area contributed by atoms with E-state index in [0.717, 1.165) is 41.6 Å². The summed E-state index contributed by atoms with van der Waals surface area (Å²) in [5.74, 6) is 0.412. The van der Waals surface area contributed by atoms with Crippen molar-refractivity contribution in [2.24, 2.45) is 0 Å². The van der Waals surface area contributed by atoms with Crippen molar-refractivity contribution in [1.29, 1.82) is 0 Å². The van der Waals surface area contributed by atoms with Crippen LogP contribution in [0.2, 0.25) is 0 Å². The van der Waals surface area contributed by atoms with E-state index < -0.39 is 5.97 Å². The van der Waals surface area contributed by atoms with Crippen molar-refractivity contribution in [3.05, 3.63) is 71.4 Å². The van der Waals surface area contributed by atoms with Gasteiger partial charge in [0.25, 0.3) is 0 Å². The number of ether oxygens (including phenoxy) is 1. The summed E-state index contributed by atoms with van der Waals surface area (Å²) in [6.07, 6.45) is 4.15. The summed E-state index contributed by atoms with van der Waals surface area (Å²) >= 11 is 0. The molecule has 4 rings (SSSR count). The zero-order valence-corrected chi connectivity index (χ0v) is 15.2. The molecule has 1 aromatic heterocycles. The number of aliphatic carboxylic acids is 1. The van der Waals surface area contributed by atoms with Gasteiger partial charge in [-0.1, -0.05) is 30.3 Å². The zero-order chi connectivity index (χ0) is 18.6. The molecule has 27 heavy (non-hydrogen) atoms. The molecule has 0 bridgehead atoms. The van der Waals surface area contributed by atoms with Gasteiger partial charge in [-0.25, -0.2) is 4.98 Å². The SMILES string of the molecule is O=C(O)CCC1CCCc2ccc(OCc3ccc4ccccc4n3)cc21. The zero-order valence-electron chi connectivity index (χ0n) is 15.2. The second-order valence-corrected chi connectivity index (χ2v) is 7.17. The Labute approximate surface area is 158 Å². The van der Waals surface area contributed by atoms with Crippen molar-refractivity contribution in [1.82, 2.24) is 4.98 Å². The molecule has 1 aliphatic rings. The number of benzene rings is 2. The van der Waals surface area contributed by atoms with Crippen molar-refractivity contribution in [3.8, 4) is 5.75 Å². The summed E-state index contributed by atoms with van der Waals surface area (Å²) in [5, 5.41) is 10.1. The molecule has 2 aromatic carbocycles. The number of aromatic nitrogens is 1. The van der Waals surface area contributed by atoms with E-state index >= 15 is 0 Å². The monoisotopic (exact) mass is 361 g/mol. The maximum absolute atomic E-state index is 10.9. The number of carbonyl (C=O) groups is 1. The summed E-state index contributed by atoms with van der Waals surface area (Å²) in [5.41, 5.74) is 4.45. The molecule has 4 nitrogen and oxygen atoms in total. The maximum atomic E-state index is 10.9. The highest BCUT2D eigenvalue weighted by molar-refractivity contribution is 5.78. The number of carboxylic acids is 1. The lowest BCUT2D eigenvalue weighted by atomic mass is 9.80. The fraction of sp³-hybridized carbons (Fsp3) is 0.304. The van der Waals surface area contributed by atoms with Crippen LogP contribution < -0.4 is 4.74 Å². The third-order valence-corrected chi connectivity index (χ3v) is 5.31. The largest absolute Gasteiger partial charge is 0.487 e. The van der Waals surface area contributed by atoms with Crippen LogP contribution >= 0.6 is 0 Å². The van der Waals surface area contributed by atoms with Crippen molar-refractivity contribution < 1.29 is 14.6 Å². The van der Waals surface area contributed by atoms with Gasteiger partial charge in [-0.3, -0.25) is 4.79 Å². The molecule has 1 atom stereocenters. The summed E-state index contributed by atoms with van der Waals surface area (Å²) in [6, 6.07) is 18.4. The van der Waals surface area contributed by atoms with E-state index in [1.165, 1.54) is 11.1 Å². The van der Waals surface area contributed by atoms with E-state index in [2.05, 4.69) is 23.2 Å². The maximum Gasteiger partial charge on any atom is 0.303 e. The van der Waals surface area contributed by atoms with Crippen LogP contribution in [-0.4, -0.2) is 16.1 Å². The first-order valence-electron chi connectivity index (χ1n) is 9.51. The van der Waals surface area contributed by atoms with E-state index in [-0.39, 0.29) is 6.42 Å². The Morgan fingerprint density at radius 1 is 1.15 bits per heavy atom. The highest BCUT2D eigenvalue weighted by atomic mass is 16.5. The molecule has 1 unspecified atom stereocenters. The van der Waals surface area contributed by atoms with Gasteiger partial charge in [0.05, 0.1) is 11.2 Å². The number of hydrogen-bond acceptors (Lipinski definition) is 3. The van der Waals surface area contributed by atoms with Crippen LogP contribution in [0.1, 0.15) is 48.4 Å². The number of rotatable bonds is 6. The average Bonchev–Trinajstić information content (AvgIpc) is 2.70. The Balaban J connectivity index is 1.49. The highest BCUT2D eigenvalue weighted by Crippen LogP contribution is 2.37. The Bertz CT molecular complexity index is 967. The van der Waals surface area contributed by atoms with E-state index in [0.29, 0.717) is 18.9 Å². The van der Waals surface area contributed by atoms with Crippen molar-refractivity contribution in [2.45, 2.75) is 44.6 Å². The van der Waals surface area contributed by atoms with E-state index in [4.69, 9.17) is 9.84 Å². The number of nitrogens with zero attached hydrogens (tertiary/aromatic N) is 1.